The van der Waals surface area contributed by atoms with Gasteiger partial charge in [0.2, 0.25) is 5.52 Å². The molecule has 0 N–H and O–H groups in total. The smallest absolute Gasteiger partial charge is 0.262 e. The zero-order valence-corrected chi connectivity index (χ0v) is 15.7. The minimum absolute atomic E-state index is 1.04. The van der Waals surface area contributed by atoms with Crippen LogP contribution < -0.4 is 9.47 Å². The standard InChI is InChI=1S/C21H25N2S/c1-5-23(6-2)18-11-8-17(9-12-18)10-14-21-22(4)19-15-16(3)7-13-20(19)24-21/h7-15H,5-6H2,1-4H3/q+1. The van der Waals surface area contributed by atoms with E-state index in [4.69, 9.17) is 0 Å². The molecule has 3 aromatic rings. The Balaban J connectivity index is 1.84. The first kappa shape index (κ1) is 16.7. The summed E-state index contributed by atoms with van der Waals surface area (Å²) < 4.78 is 3.60. The largest absolute Gasteiger partial charge is 0.372 e. The highest BCUT2D eigenvalue weighted by molar-refractivity contribution is 7.18. The van der Waals surface area contributed by atoms with E-state index in [1.54, 1.807) is 0 Å². The topological polar surface area (TPSA) is 7.12 Å². The first-order valence-electron chi connectivity index (χ1n) is 8.54. The van der Waals surface area contributed by atoms with E-state index in [9.17, 15) is 0 Å². The molecule has 2 aromatic carbocycles. The molecule has 3 rings (SSSR count). The minimum Gasteiger partial charge on any atom is -0.372 e. The van der Waals surface area contributed by atoms with Crippen molar-refractivity contribution in [3.8, 4) is 0 Å². The van der Waals surface area contributed by atoms with E-state index in [0.717, 1.165) is 13.1 Å². The second-order valence-corrected chi connectivity index (χ2v) is 7.13. The van der Waals surface area contributed by atoms with Crippen LogP contribution in [0.2, 0.25) is 0 Å². The van der Waals surface area contributed by atoms with E-state index in [1.807, 2.05) is 11.3 Å². The van der Waals surface area contributed by atoms with E-state index in [2.05, 4.69) is 91.9 Å². The van der Waals surface area contributed by atoms with Gasteiger partial charge in [-0.2, -0.15) is 4.57 Å². The molecule has 0 fully saturated rings. The van der Waals surface area contributed by atoms with Crippen molar-refractivity contribution in [3.05, 3.63) is 58.6 Å². The number of thiazole rings is 1. The molecule has 0 unspecified atom stereocenters. The summed E-state index contributed by atoms with van der Waals surface area (Å²) in [6.07, 6.45) is 4.41. The zero-order valence-electron chi connectivity index (χ0n) is 14.9. The Kier molecular flexibility index (Phi) is 5.00. The number of benzene rings is 2. The lowest BCUT2D eigenvalue weighted by Gasteiger charge is -2.20. The number of hydrogen-bond acceptors (Lipinski definition) is 2. The Morgan fingerprint density at radius 2 is 1.71 bits per heavy atom. The second-order valence-electron chi connectivity index (χ2n) is 6.07. The van der Waals surface area contributed by atoms with Crippen molar-refractivity contribution >= 4 is 39.4 Å². The van der Waals surface area contributed by atoms with Gasteiger partial charge in [-0.3, -0.25) is 0 Å². The highest BCUT2D eigenvalue weighted by atomic mass is 32.1. The summed E-state index contributed by atoms with van der Waals surface area (Å²) in [6.45, 7) is 8.62. The van der Waals surface area contributed by atoms with Crippen molar-refractivity contribution in [1.82, 2.24) is 0 Å². The van der Waals surface area contributed by atoms with E-state index < -0.39 is 0 Å². The van der Waals surface area contributed by atoms with E-state index in [0.29, 0.717) is 0 Å². The molecule has 1 aromatic heterocycles. The van der Waals surface area contributed by atoms with Gasteiger partial charge in [0, 0.05) is 30.9 Å². The number of rotatable bonds is 5. The van der Waals surface area contributed by atoms with Crippen LogP contribution in [0.1, 0.15) is 30.0 Å². The molecule has 0 amide bonds. The average molecular weight is 338 g/mol. The maximum Gasteiger partial charge on any atom is 0.262 e. The van der Waals surface area contributed by atoms with Gasteiger partial charge >= 0.3 is 0 Å². The summed E-state index contributed by atoms with van der Waals surface area (Å²) in [5, 5.41) is 1.27. The third kappa shape index (κ3) is 3.36. The molecule has 0 spiro atoms. The molecule has 0 aliphatic carbocycles. The number of fused-ring (bicyclic) bond motifs is 1. The molecule has 0 radical (unpaired) electrons. The van der Waals surface area contributed by atoms with E-state index in [-0.39, 0.29) is 0 Å². The highest BCUT2D eigenvalue weighted by Gasteiger charge is 2.14. The summed E-state index contributed by atoms with van der Waals surface area (Å²) in [4.78, 5) is 2.36. The zero-order chi connectivity index (χ0) is 17.1. The summed E-state index contributed by atoms with van der Waals surface area (Å²) in [5.74, 6) is 0. The van der Waals surface area contributed by atoms with Crippen molar-refractivity contribution in [1.29, 1.82) is 0 Å². The van der Waals surface area contributed by atoms with Gasteiger partial charge < -0.3 is 4.90 Å². The van der Waals surface area contributed by atoms with Gasteiger partial charge in [-0.15, -0.1) is 0 Å². The lowest BCUT2D eigenvalue weighted by molar-refractivity contribution is -0.642. The quantitative estimate of drug-likeness (QED) is 0.591. The van der Waals surface area contributed by atoms with Crippen molar-refractivity contribution < 1.29 is 4.57 Å². The van der Waals surface area contributed by atoms with Gasteiger partial charge in [-0.1, -0.05) is 29.5 Å². The third-order valence-corrected chi connectivity index (χ3v) is 5.65. The lowest BCUT2D eigenvalue weighted by Crippen LogP contribution is -2.28. The summed E-state index contributed by atoms with van der Waals surface area (Å²) in [7, 11) is 2.14. The molecular formula is C21H25N2S+. The van der Waals surface area contributed by atoms with Crippen molar-refractivity contribution in [2.75, 3.05) is 18.0 Å². The number of hydrogen-bond donors (Lipinski definition) is 0. The van der Waals surface area contributed by atoms with Gasteiger partial charge in [0.25, 0.3) is 5.01 Å². The van der Waals surface area contributed by atoms with Gasteiger partial charge in [0.1, 0.15) is 11.7 Å². The van der Waals surface area contributed by atoms with Crippen molar-refractivity contribution in [3.63, 3.8) is 0 Å². The first-order valence-corrected chi connectivity index (χ1v) is 9.36. The number of anilines is 1. The van der Waals surface area contributed by atoms with Crippen LogP contribution in [0.15, 0.2) is 42.5 Å². The molecule has 0 aliphatic rings. The molecular weight excluding hydrogens is 312 g/mol. The predicted molar refractivity (Wildman–Crippen MR) is 107 cm³/mol. The van der Waals surface area contributed by atoms with Gasteiger partial charge in [0.05, 0.1) is 0 Å². The molecule has 0 atom stereocenters. The summed E-state index contributed by atoms with van der Waals surface area (Å²) in [5.41, 5.74) is 5.13. The summed E-state index contributed by atoms with van der Waals surface area (Å²) >= 11 is 1.84. The second kappa shape index (κ2) is 7.18. The van der Waals surface area contributed by atoms with Crippen LogP contribution in [-0.4, -0.2) is 13.1 Å². The molecule has 24 heavy (non-hydrogen) atoms. The Bertz CT molecular complexity index is 855. The molecule has 0 saturated carbocycles. The summed E-state index contributed by atoms with van der Waals surface area (Å²) in [6, 6.07) is 15.5. The third-order valence-electron chi connectivity index (χ3n) is 4.46. The van der Waals surface area contributed by atoms with Gasteiger partial charge in [-0.05, 0) is 56.2 Å². The SMILES string of the molecule is CCN(CC)c1ccc(/C=C/c2sc3ccc(C)cc3[n+]2C)cc1. The van der Waals surface area contributed by atoms with Crippen LogP contribution in [0.4, 0.5) is 5.69 Å². The minimum atomic E-state index is 1.04. The van der Waals surface area contributed by atoms with Gasteiger partial charge in [-0.25, -0.2) is 0 Å². The predicted octanol–water partition coefficient (Wildman–Crippen LogP) is 5.05. The van der Waals surface area contributed by atoms with Crippen LogP contribution in [0.3, 0.4) is 0 Å². The maximum atomic E-state index is 2.36. The van der Waals surface area contributed by atoms with Crippen LogP contribution >= 0.6 is 11.3 Å². The monoisotopic (exact) mass is 337 g/mol. The van der Waals surface area contributed by atoms with Crippen LogP contribution in [-0.2, 0) is 7.05 Å². The molecule has 124 valence electrons. The fourth-order valence-electron chi connectivity index (χ4n) is 2.97. The molecule has 2 nitrogen and oxygen atoms in total. The van der Waals surface area contributed by atoms with Crippen LogP contribution in [0.5, 0.6) is 0 Å². The fourth-order valence-corrected chi connectivity index (χ4v) is 4.01. The average Bonchev–Trinajstić information content (AvgIpc) is 2.91. The number of aromatic nitrogens is 1. The van der Waals surface area contributed by atoms with Crippen molar-refractivity contribution in [2.24, 2.45) is 7.05 Å². The Labute approximate surface area is 148 Å². The number of aryl methyl sites for hydroxylation is 2. The maximum absolute atomic E-state index is 2.36. The van der Waals surface area contributed by atoms with Gasteiger partial charge in [0.15, 0.2) is 0 Å². The molecule has 0 saturated heterocycles. The molecule has 1 heterocycles. The molecule has 3 heteroatoms. The molecule has 0 aliphatic heterocycles. The van der Waals surface area contributed by atoms with E-state index >= 15 is 0 Å². The van der Waals surface area contributed by atoms with E-state index in [1.165, 1.54) is 32.0 Å². The normalized spacial score (nSPS) is 11.5. The van der Waals surface area contributed by atoms with Crippen molar-refractivity contribution in [2.45, 2.75) is 20.8 Å². The Morgan fingerprint density at radius 3 is 2.38 bits per heavy atom. The fraction of sp³-hybridized carbons (Fsp3) is 0.286. The highest BCUT2D eigenvalue weighted by Crippen LogP contribution is 2.23. The lowest BCUT2D eigenvalue weighted by atomic mass is 10.2. The van der Waals surface area contributed by atoms with Crippen LogP contribution in [0.25, 0.3) is 22.4 Å². The number of nitrogens with zero attached hydrogens (tertiary/aromatic N) is 2. The first-order chi connectivity index (χ1) is 11.6. The molecule has 0 bridgehead atoms. The van der Waals surface area contributed by atoms with Crippen LogP contribution in [0, 0.1) is 6.92 Å². The Hall–Kier alpha value is -2.13. The Morgan fingerprint density at radius 1 is 1.00 bits per heavy atom.